The molecule has 3 aromatic carbocycles. The summed E-state index contributed by atoms with van der Waals surface area (Å²) in [5, 5.41) is 10.3. The molecule has 0 N–H and O–H groups in total. The maximum atomic E-state index is 15.1. The Hall–Kier alpha value is -2.78. The molecule has 166 valence electrons. The number of nitriles is 1. The standard InChI is InChI=1S/C27H28FNO3/c1-2-3-14-30-24-17-31-27(32-18-24)23-12-13-25-22(15-23)11-10-21(26(25)28)9-8-19-4-6-20(16-29)7-5-19/h4-7,10-13,15,24,27H,2-3,8-9,14,17-18H2,1H3. The Morgan fingerprint density at radius 1 is 1.03 bits per heavy atom. The molecule has 1 fully saturated rings. The van der Waals surface area contributed by atoms with Gasteiger partial charge in [-0.2, -0.15) is 5.26 Å². The molecule has 0 amide bonds. The lowest BCUT2D eigenvalue weighted by molar-refractivity contribution is -0.230. The van der Waals surface area contributed by atoms with Crippen LogP contribution >= 0.6 is 0 Å². The van der Waals surface area contributed by atoms with Gasteiger partial charge >= 0.3 is 0 Å². The third-order valence-electron chi connectivity index (χ3n) is 5.81. The van der Waals surface area contributed by atoms with Gasteiger partial charge in [0.25, 0.3) is 0 Å². The average Bonchev–Trinajstić information content (AvgIpc) is 2.84. The third-order valence-corrected chi connectivity index (χ3v) is 5.81. The fraction of sp³-hybridized carbons (Fsp3) is 0.370. The van der Waals surface area contributed by atoms with E-state index in [9.17, 15) is 0 Å². The van der Waals surface area contributed by atoms with Gasteiger partial charge in [-0.25, -0.2) is 4.39 Å². The van der Waals surface area contributed by atoms with E-state index in [-0.39, 0.29) is 11.9 Å². The molecule has 0 aromatic heterocycles. The van der Waals surface area contributed by atoms with E-state index in [0.717, 1.165) is 42.4 Å². The predicted molar refractivity (Wildman–Crippen MR) is 122 cm³/mol. The van der Waals surface area contributed by atoms with Crippen molar-refractivity contribution < 1.29 is 18.6 Å². The number of unbranched alkanes of at least 4 members (excludes halogenated alkanes) is 1. The van der Waals surface area contributed by atoms with Crippen LogP contribution in [0, 0.1) is 17.1 Å². The van der Waals surface area contributed by atoms with Gasteiger partial charge < -0.3 is 14.2 Å². The fourth-order valence-corrected chi connectivity index (χ4v) is 3.89. The van der Waals surface area contributed by atoms with Crippen molar-refractivity contribution in [2.45, 2.75) is 45.0 Å². The molecule has 3 aromatic rings. The van der Waals surface area contributed by atoms with Crippen molar-refractivity contribution in [2.75, 3.05) is 19.8 Å². The van der Waals surface area contributed by atoms with Crippen molar-refractivity contribution in [3.63, 3.8) is 0 Å². The van der Waals surface area contributed by atoms with E-state index in [1.54, 1.807) is 12.1 Å². The normalized spacial score (nSPS) is 18.5. The first-order valence-corrected chi connectivity index (χ1v) is 11.2. The second kappa shape index (κ2) is 10.7. The highest BCUT2D eigenvalue weighted by molar-refractivity contribution is 5.84. The number of nitrogens with zero attached hydrogens (tertiary/aromatic N) is 1. The number of hydrogen-bond donors (Lipinski definition) is 0. The summed E-state index contributed by atoms with van der Waals surface area (Å²) in [5.74, 6) is -0.183. The second-order valence-electron chi connectivity index (χ2n) is 8.17. The van der Waals surface area contributed by atoms with E-state index in [0.29, 0.717) is 36.1 Å². The molecule has 0 atom stereocenters. The van der Waals surface area contributed by atoms with Crippen molar-refractivity contribution in [1.82, 2.24) is 0 Å². The van der Waals surface area contributed by atoms with Crippen LogP contribution < -0.4 is 0 Å². The van der Waals surface area contributed by atoms with E-state index in [4.69, 9.17) is 19.5 Å². The van der Waals surface area contributed by atoms with Gasteiger partial charge in [0.2, 0.25) is 0 Å². The van der Waals surface area contributed by atoms with Crippen LogP contribution in [0.15, 0.2) is 54.6 Å². The van der Waals surface area contributed by atoms with Crippen molar-refractivity contribution in [3.05, 3.63) is 82.7 Å². The molecule has 0 spiro atoms. The van der Waals surface area contributed by atoms with Crippen molar-refractivity contribution >= 4 is 10.8 Å². The molecule has 0 unspecified atom stereocenters. The highest BCUT2D eigenvalue weighted by Crippen LogP contribution is 2.29. The predicted octanol–water partition coefficient (Wildman–Crippen LogP) is 5.87. The zero-order valence-electron chi connectivity index (χ0n) is 18.4. The minimum absolute atomic E-state index is 0.0330. The van der Waals surface area contributed by atoms with Gasteiger partial charge in [-0.05, 0) is 54.0 Å². The molecule has 1 saturated heterocycles. The van der Waals surface area contributed by atoms with Crippen molar-refractivity contribution in [1.29, 1.82) is 5.26 Å². The van der Waals surface area contributed by atoms with Crippen LogP contribution in [0.4, 0.5) is 4.39 Å². The monoisotopic (exact) mass is 433 g/mol. The van der Waals surface area contributed by atoms with Crippen LogP contribution in [0.3, 0.4) is 0 Å². The lowest BCUT2D eigenvalue weighted by Crippen LogP contribution is -2.33. The Balaban J connectivity index is 1.40. The molecule has 1 aliphatic heterocycles. The van der Waals surface area contributed by atoms with E-state index in [2.05, 4.69) is 13.0 Å². The lowest BCUT2D eigenvalue weighted by atomic mass is 9.98. The first-order valence-electron chi connectivity index (χ1n) is 11.2. The first-order chi connectivity index (χ1) is 15.7. The van der Waals surface area contributed by atoms with Crippen LogP contribution in [0.25, 0.3) is 10.8 Å². The Labute approximate surface area is 188 Å². The van der Waals surface area contributed by atoms with Gasteiger partial charge in [-0.3, -0.25) is 0 Å². The number of hydrogen-bond acceptors (Lipinski definition) is 4. The number of halogens is 1. The first kappa shape index (κ1) is 22.4. The number of fused-ring (bicyclic) bond motifs is 1. The average molecular weight is 434 g/mol. The second-order valence-corrected chi connectivity index (χ2v) is 8.17. The summed E-state index contributed by atoms with van der Waals surface area (Å²) in [6, 6.07) is 19.0. The molecule has 32 heavy (non-hydrogen) atoms. The summed E-state index contributed by atoms with van der Waals surface area (Å²) in [7, 11) is 0. The number of ether oxygens (including phenoxy) is 3. The molecule has 1 aliphatic rings. The van der Waals surface area contributed by atoms with Crippen LogP contribution in [-0.2, 0) is 27.1 Å². The SMILES string of the molecule is CCCCOC1COC(c2ccc3c(F)c(CCc4ccc(C#N)cc4)ccc3c2)OC1. The topological polar surface area (TPSA) is 51.5 Å². The van der Waals surface area contributed by atoms with Crippen LogP contribution in [0.2, 0.25) is 0 Å². The van der Waals surface area contributed by atoms with Gasteiger partial charge in [-0.1, -0.05) is 49.7 Å². The van der Waals surface area contributed by atoms with Crippen molar-refractivity contribution in [3.8, 4) is 6.07 Å². The van der Waals surface area contributed by atoms with E-state index < -0.39 is 6.29 Å². The van der Waals surface area contributed by atoms with Crippen LogP contribution in [0.5, 0.6) is 0 Å². The van der Waals surface area contributed by atoms with Gasteiger partial charge in [0.15, 0.2) is 6.29 Å². The number of aryl methyl sites for hydroxylation is 2. The maximum Gasteiger partial charge on any atom is 0.184 e. The summed E-state index contributed by atoms with van der Waals surface area (Å²) in [6.45, 7) is 3.85. The zero-order chi connectivity index (χ0) is 22.3. The Morgan fingerprint density at radius 2 is 1.81 bits per heavy atom. The molecule has 4 rings (SSSR count). The summed E-state index contributed by atoms with van der Waals surface area (Å²) >= 11 is 0. The summed E-state index contributed by atoms with van der Waals surface area (Å²) in [4.78, 5) is 0. The van der Waals surface area contributed by atoms with E-state index in [1.165, 1.54) is 0 Å². The summed E-state index contributed by atoms with van der Waals surface area (Å²) < 4.78 is 32.6. The van der Waals surface area contributed by atoms with Gasteiger partial charge in [-0.15, -0.1) is 0 Å². The number of rotatable bonds is 8. The molecular weight excluding hydrogens is 405 g/mol. The molecule has 1 heterocycles. The minimum Gasteiger partial charge on any atom is -0.373 e. The van der Waals surface area contributed by atoms with Crippen molar-refractivity contribution in [2.24, 2.45) is 0 Å². The molecular formula is C27H28FNO3. The van der Waals surface area contributed by atoms with E-state index >= 15 is 4.39 Å². The summed E-state index contributed by atoms with van der Waals surface area (Å²) in [6.07, 6.45) is 2.97. The highest BCUT2D eigenvalue weighted by atomic mass is 19.1. The largest absolute Gasteiger partial charge is 0.373 e. The van der Waals surface area contributed by atoms with Crippen LogP contribution in [0.1, 0.15) is 48.3 Å². The smallest absolute Gasteiger partial charge is 0.184 e. The zero-order valence-corrected chi connectivity index (χ0v) is 18.4. The molecule has 0 bridgehead atoms. The maximum absolute atomic E-state index is 15.1. The molecule has 5 heteroatoms. The molecule has 0 radical (unpaired) electrons. The Kier molecular flexibility index (Phi) is 7.49. The summed E-state index contributed by atoms with van der Waals surface area (Å²) in [5.41, 5.74) is 3.29. The van der Waals surface area contributed by atoms with Crippen LogP contribution in [-0.4, -0.2) is 25.9 Å². The van der Waals surface area contributed by atoms with Gasteiger partial charge in [0.05, 0.1) is 24.8 Å². The lowest BCUT2D eigenvalue weighted by Gasteiger charge is -2.29. The molecule has 0 aliphatic carbocycles. The minimum atomic E-state index is -0.454. The molecule has 4 nitrogen and oxygen atoms in total. The molecule has 0 saturated carbocycles. The fourth-order valence-electron chi connectivity index (χ4n) is 3.89. The number of benzene rings is 3. The van der Waals surface area contributed by atoms with Gasteiger partial charge in [0, 0.05) is 17.6 Å². The Bertz CT molecular complexity index is 1080. The van der Waals surface area contributed by atoms with Gasteiger partial charge in [0.1, 0.15) is 11.9 Å². The Morgan fingerprint density at radius 3 is 2.53 bits per heavy atom. The quantitative estimate of drug-likeness (QED) is 0.417. The highest BCUT2D eigenvalue weighted by Gasteiger charge is 2.24. The van der Waals surface area contributed by atoms with E-state index in [1.807, 2.05) is 42.5 Å². The third kappa shape index (κ3) is 5.34.